The summed E-state index contributed by atoms with van der Waals surface area (Å²) in [5.41, 5.74) is 0.801. The van der Waals surface area contributed by atoms with Crippen LogP contribution in [0.15, 0.2) is 18.2 Å². The number of urea groups is 1. The zero-order valence-corrected chi connectivity index (χ0v) is 15.3. The molecule has 7 nitrogen and oxygen atoms in total. The number of ether oxygens (including phenoxy) is 2. The van der Waals surface area contributed by atoms with Crippen molar-refractivity contribution in [3.63, 3.8) is 0 Å². The smallest absolute Gasteiger partial charge is 0.337 e. The molecule has 0 aromatic heterocycles. The van der Waals surface area contributed by atoms with Gasteiger partial charge in [-0.25, -0.2) is 9.59 Å². The molecule has 138 valence electrons. The Kier molecular flexibility index (Phi) is 6.64. The third-order valence-electron chi connectivity index (χ3n) is 4.07. The summed E-state index contributed by atoms with van der Waals surface area (Å²) in [5.74, 6) is 0.0519. The summed E-state index contributed by atoms with van der Waals surface area (Å²) in [4.78, 5) is 26.3. The SMILES string of the molecule is COC(=O)c1ccc(OC(C)C)c(NC(=O)NC2CCN(C)CC2)c1. The van der Waals surface area contributed by atoms with Gasteiger partial charge in [0.15, 0.2) is 0 Å². The highest BCUT2D eigenvalue weighted by Crippen LogP contribution is 2.27. The highest BCUT2D eigenvalue weighted by molar-refractivity contribution is 5.95. The summed E-state index contributed by atoms with van der Waals surface area (Å²) in [6.07, 6.45) is 1.78. The monoisotopic (exact) mass is 349 g/mol. The number of carbonyl (C=O) groups excluding carboxylic acids is 2. The van der Waals surface area contributed by atoms with Gasteiger partial charge in [-0.2, -0.15) is 0 Å². The predicted molar refractivity (Wildman–Crippen MR) is 96.2 cm³/mol. The number of benzene rings is 1. The topological polar surface area (TPSA) is 79.9 Å². The van der Waals surface area contributed by atoms with Crippen LogP contribution in [0.4, 0.5) is 10.5 Å². The summed E-state index contributed by atoms with van der Waals surface area (Å²) in [5, 5.41) is 5.78. The largest absolute Gasteiger partial charge is 0.489 e. The van der Waals surface area contributed by atoms with Gasteiger partial charge in [-0.3, -0.25) is 0 Å². The van der Waals surface area contributed by atoms with E-state index in [9.17, 15) is 9.59 Å². The standard InChI is InChI=1S/C18H27N3O4/c1-12(2)25-16-6-5-13(17(22)24-4)11-15(16)20-18(23)19-14-7-9-21(3)10-8-14/h5-6,11-12,14H,7-10H2,1-4H3,(H2,19,20,23). The van der Waals surface area contributed by atoms with Crippen molar-refractivity contribution in [1.82, 2.24) is 10.2 Å². The Bertz CT molecular complexity index is 610. The minimum absolute atomic E-state index is 0.0542. The number of amides is 2. The molecule has 1 heterocycles. The molecule has 1 aliphatic heterocycles. The predicted octanol–water partition coefficient (Wildman–Crippen LogP) is 2.48. The van der Waals surface area contributed by atoms with Gasteiger partial charge in [-0.1, -0.05) is 0 Å². The lowest BCUT2D eigenvalue weighted by molar-refractivity contribution is 0.0600. The van der Waals surface area contributed by atoms with Crippen LogP contribution in [0.1, 0.15) is 37.0 Å². The van der Waals surface area contributed by atoms with E-state index in [4.69, 9.17) is 9.47 Å². The molecule has 2 amide bonds. The third-order valence-corrected chi connectivity index (χ3v) is 4.07. The molecule has 0 unspecified atom stereocenters. The number of likely N-dealkylation sites (tertiary alicyclic amines) is 1. The molecule has 1 aromatic carbocycles. The molecule has 0 atom stereocenters. The zero-order valence-electron chi connectivity index (χ0n) is 15.3. The molecule has 0 radical (unpaired) electrons. The van der Waals surface area contributed by atoms with Crippen LogP contribution in [0, 0.1) is 0 Å². The average Bonchev–Trinajstić information content (AvgIpc) is 2.57. The van der Waals surface area contributed by atoms with E-state index >= 15 is 0 Å². The molecule has 0 bridgehead atoms. The van der Waals surface area contributed by atoms with Crippen LogP contribution in [0.3, 0.4) is 0 Å². The molecule has 7 heteroatoms. The Morgan fingerprint density at radius 2 is 1.92 bits per heavy atom. The first-order valence-electron chi connectivity index (χ1n) is 8.54. The normalized spacial score (nSPS) is 15.7. The lowest BCUT2D eigenvalue weighted by Gasteiger charge is -2.29. The van der Waals surface area contributed by atoms with Crippen LogP contribution in [-0.4, -0.2) is 56.3 Å². The van der Waals surface area contributed by atoms with Crippen LogP contribution >= 0.6 is 0 Å². The Morgan fingerprint density at radius 1 is 1.24 bits per heavy atom. The van der Waals surface area contributed by atoms with Gasteiger partial charge >= 0.3 is 12.0 Å². The van der Waals surface area contributed by atoms with Gasteiger partial charge in [0.2, 0.25) is 0 Å². The molecular formula is C18H27N3O4. The maximum Gasteiger partial charge on any atom is 0.337 e. The van der Waals surface area contributed by atoms with E-state index in [0.29, 0.717) is 17.0 Å². The highest BCUT2D eigenvalue weighted by atomic mass is 16.5. The van der Waals surface area contributed by atoms with Crippen molar-refractivity contribution < 1.29 is 19.1 Å². The number of hydrogen-bond donors (Lipinski definition) is 2. The summed E-state index contributed by atoms with van der Waals surface area (Å²) in [6, 6.07) is 4.69. The molecule has 0 spiro atoms. The van der Waals surface area contributed by atoms with E-state index in [1.165, 1.54) is 7.11 Å². The molecule has 0 aliphatic carbocycles. The Balaban J connectivity index is 2.08. The van der Waals surface area contributed by atoms with Gasteiger partial charge in [0.1, 0.15) is 5.75 Å². The van der Waals surface area contributed by atoms with E-state index in [2.05, 4.69) is 22.6 Å². The van der Waals surface area contributed by atoms with Crippen molar-refractivity contribution in [2.75, 3.05) is 32.6 Å². The van der Waals surface area contributed by atoms with Crippen molar-refractivity contribution in [2.24, 2.45) is 0 Å². The molecule has 2 N–H and O–H groups in total. The first-order valence-corrected chi connectivity index (χ1v) is 8.54. The zero-order chi connectivity index (χ0) is 18.4. The number of carbonyl (C=O) groups is 2. The minimum Gasteiger partial charge on any atom is -0.489 e. The summed E-state index contributed by atoms with van der Waals surface area (Å²) in [6.45, 7) is 5.72. The number of nitrogens with zero attached hydrogens (tertiary/aromatic N) is 1. The second-order valence-electron chi connectivity index (χ2n) is 6.55. The molecule has 25 heavy (non-hydrogen) atoms. The number of piperidine rings is 1. The van der Waals surface area contributed by atoms with Crippen molar-refractivity contribution in [3.05, 3.63) is 23.8 Å². The minimum atomic E-state index is -0.463. The van der Waals surface area contributed by atoms with Gasteiger partial charge in [-0.15, -0.1) is 0 Å². The second-order valence-corrected chi connectivity index (χ2v) is 6.55. The second kappa shape index (κ2) is 8.71. The van der Waals surface area contributed by atoms with E-state index in [1.807, 2.05) is 13.8 Å². The van der Waals surface area contributed by atoms with Crippen molar-refractivity contribution in [3.8, 4) is 5.75 Å². The van der Waals surface area contributed by atoms with Crippen LogP contribution in [0.2, 0.25) is 0 Å². The fourth-order valence-electron chi connectivity index (χ4n) is 2.73. The number of hydrogen-bond acceptors (Lipinski definition) is 5. The maximum atomic E-state index is 12.3. The van der Waals surface area contributed by atoms with E-state index in [1.54, 1.807) is 18.2 Å². The molecular weight excluding hydrogens is 322 g/mol. The molecule has 1 saturated heterocycles. The van der Waals surface area contributed by atoms with Crippen LogP contribution < -0.4 is 15.4 Å². The van der Waals surface area contributed by atoms with Crippen molar-refractivity contribution >= 4 is 17.7 Å². The fraction of sp³-hybridized carbons (Fsp3) is 0.556. The van der Waals surface area contributed by atoms with E-state index < -0.39 is 5.97 Å². The summed E-state index contributed by atoms with van der Waals surface area (Å²) in [7, 11) is 3.39. The van der Waals surface area contributed by atoms with Gasteiger partial charge in [0, 0.05) is 6.04 Å². The van der Waals surface area contributed by atoms with Crippen LogP contribution in [0.5, 0.6) is 5.75 Å². The van der Waals surface area contributed by atoms with E-state index in [-0.39, 0.29) is 18.2 Å². The summed E-state index contributed by atoms with van der Waals surface area (Å²) < 4.78 is 10.5. The average molecular weight is 349 g/mol. The van der Waals surface area contributed by atoms with Gasteiger partial charge in [-0.05, 0) is 65.0 Å². The third kappa shape index (κ3) is 5.63. The van der Waals surface area contributed by atoms with Crippen LogP contribution in [0.25, 0.3) is 0 Å². The number of rotatable bonds is 5. The summed E-state index contributed by atoms with van der Waals surface area (Å²) >= 11 is 0. The maximum absolute atomic E-state index is 12.3. The number of esters is 1. The van der Waals surface area contributed by atoms with Gasteiger partial charge < -0.3 is 25.0 Å². The molecule has 1 aromatic rings. The Morgan fingerprint density at radius 3 is 2.52 bits per heavy atom. The molecule has 0 saturated carbocycles. The molecule has 2 rings (SSSR count). The first kappa shape index (κ1) is 19.1. The quantitative estimate of drug-likeness (QED) is 0.799. The Labute approximate surface area is 148 Å². The lowest BCUT2D eigenvalue weighted by atomic mass is 10.1. The van der Waals surface area contributed by atoms with Crippen molar-refractivity contribution in [1.29, 1.82) is 0 Å². The highest BCUT2D eigenvalue weighted by Gasteiger charge is 2.20. The van der Waals surface area contributed by atoms with Gasteiger partial charge in [0.25, 0.3) is 0 Å². The number of nitrogens with one attached hydrogen (secondary N) is 2. The van der Waals surface area contributed by atoms with Crippen molar-refractivity contribution in [2.45, 2.75) is 38.8 Å². The lowest BCUT2D eigenvalue weighted by Crippen LogP contribution is -2.44. The first-order chi connectivity index (χ1) is 11.9. The van der Waals surface area contributed by atoms with Gasteiger partial charge in [0.05, 0.1) is 24.5 Å². The van der Waals surface area contributed by atoms with E-state index in [0.717, 1.165) is 25.9 Å². The Hall–Kier alpha value is -2.28. The number of methoxy groups -OCH3 is 1. The molecule has 1 fully saturated rings. The fourth-order valence-corrected chi connectivity index (χ4v) is 2.73. The molecule has 1 aliphatic rings. The van der Waals surface area contributed by atoms with Crippen LogP contribution in [-0.2, 0) is 4.74 Å². The number of anilines is 1.